The van der Waals surface area contributed by atoms with Crippen molar-refractivity contribution in [2.45, 2.75) is 31.7 Å². The minimum Gasteiger partial charge on any atom is -0.331 e. The monoisotopic (exact) mass is 247 g/mol. The lowest BCUT2D eigenvalue weighted by atomic mass is 9.92. The van der Waals surface area contributed by atoms with Crippen molar-refractivity contribution in [2.24, 2.45) is 7.05 Å². The second-order valence-electron chi connectivity index (χ2n) is 5.21. The lowest BCUT2D eigenvalue weighted by Gasteiger charge is -2.27. The van der Waals surface area contributed by atoms with Gasteiger partial charge >= 0.3 is 0 Å². The quantitative estimate of drug-likeness (QED) is 0.839. The molecule has 1 aromatic heterocycles. The highest BCUT2D eigenvalue weighted by Gasteiger charge is 2.24. The van der Waals surface area contributed by atoms with Gasteiger partial charge < -0.3 is 9.88 Å². The number of hydrogen-bond donors (Lipinski definition) is 1. The Hall–Kier alpha value is -1.42. The normalized spacial score (nSPS) is 24.6. The van der Waals surface area contributed by atoms with Gasteiger partial charge in [-0.3, -0.25) is 0 Å². The number of rotatable bonds is 1. The van der Waals surface area contributed by atoms with E-state index in [4.69, 9.17) is 0 Å². The average Bonchev–Trinajstić information content (AvgIpc) is 2.69. The number of fused-ring (bicyclic) bond motifs is 1. The van der Waals surface area contributed by atoms with Crippen LogP contribution in [0.2, 0.25) is 0 Å². The topological polar surface area (TPSA) is 29.9 Å². The fourth-order valence-electron chi connectivity index (χ4n) is 2.93. The fraction of sp³-hybridized carbons (Fsp3) is 0.500. The first-order valence-electron chi connectivity index (χ1n) is 6.51. The maximum absolute atomic E-state index is 13.7. The molecular weight excluding hydrogens is 229 g/mol. The maximum Gasteiger partial charge on any atom is 0.151 e. The van der Waals surface area contributed by atoms with Crippen LogP contribution in [0.4, 0.5) is 4.39 Å². The van der Waals surface area contributed by atoms with E-state index in [-0.39, 0.29) is 5.82 Å². The van der Waals surface area contributed by atoms with Crippen molar-refractivity contribution in [2.75, 3.05) is 6.54 Å². The zero-order valence-electron chi connectivity index (χ0n) is 10.8. The Kier molecular flexibility index (Phi) is 2.82. The van der Waals surface area contributed by atoms with Gasteiger partial charge in [0.25, 0.3) is 0 Å². The van der Waals surface area contributed by atoms with Crippen LogP contribution in [0.25, 0.3) is 11.0 Å². The molecule has 96 valence electrons. The van der Waals surface area contributed by atoms with E-state index in [0.717, 1.165) is 30.7 Å². The highest BCUT2D eigenvalue weighted by Crippen LogP contribution is 2.29. The van der Waals surface area contributed by atoms with Gasteiger partial charge in [0.1, 0.15) is 11.3 Å². The van der Waals surface area contributed by atoms with Gasteiger partial charge in [-0.25, -0.2) is 9.37 Å². The van der Waals surface area contributed by atoms with E-state index in [9.17, 15) is 4.39 Å². The van der Waals surface area contributed by atoms with Crippen LogP contribution in [0.3, 0.4) is 0 Å². The van der Waals surface area contributed by atoms with E-state index in [1.54, 1.807) is 6.07 Å². The summed E-state index contributed by atoms with van der Waals surface area (Å²) in [6.45, 7) is 3.20. The maximum atomic E-state index is 13.7. The van der Waals surface area contributed by atoms with Crippen LogP contribution in [0.5, 0.6) is 0 Å². The predicted octanol–water partition coefficient (Wildman–Crippen LogP) is 2.57. The molecule has 1 aliphatic heterocycles. The second-order valence-corrected chi connectivity index (χ2v) is 5.21. The number of nitrogens with one attached hydrogen (secondary N) is 1. The Morgan fingerprint density at radius 3 is 3.00 bits per heavy atom. The average molecular weight is 247 g/mol. The molecule has 2 unspecified atom stereocenters. The molecule has 1 aromatic carbocycles. The molecule has 1 N–H and O–H groups in total. The van der Waals surface area contributed by atoms with Gasteiger partial charge in [-0.15, -0.1) is 0 Å². The Balaban J connectivity index is 2.06. The molecular formula is C14H18FN3. The van der Waals surface area contributed by atoms with Crippen LogP contribution >= 0.6 is 0 Å². The molecule has 2 heterocycles. The molecule has 0 amide bonds. The van der Waals surface area contributed by atoms with Crippen LogP contribution in [-0.2, 0) is 7.05 Å². The van der Waals surface area contributed by atoms with E-state index >= 15 is 0 Å². The van der Waals surface area contributed by atoms with Crippen LogP contribution < -0.4 is 5.32 Å². The van der Waals surface area contributed by atoms with E-state index in [2.05, 4.69) is 17.2 Å². The van der Waals surface area contributed by atoms with Gasteiger partial charge in [0.2, 0.25) is 0 Å². The van der Waals surface area contributed by atoms with Crippen molar-refractivity contribution in [1.82, 2.24) is 14.9 Å². The lowest BCUT2D eigenvalue weighted by molar-refractivity contribution is 0.367. The van der Waals surface area contributed by atoms with Gasteiger partial charge in [0, 0.05) is 19.0 Å². The summed E-state index contributed by atoms with van der Waals surface area (Å²) in [5.74, 6) is 1.22. The summed E-state index contributed by atoms with van der Waals surface area (Å²) in [5.41, 5.74) is 1.39. The largest absolute Gasteiger partial charge is 0.331 e. The Morgan fingerprint density at radius 1 is 1.44 bits per heavy atom. The third-order valence-corrected chi connectivity index (χ3v) is 3.89. The van der Waals surface area contributed by atoms with Gasteiger partial charge in [0.15, 0.2) is 5.82 Å². The molecule has 18 heavy (non-hydrogen) atoms. The molecule has 0 radical (unpaired) electrons. The van der Waals surface area contributed by atoms with Crippen molar-refractivity contribution in [3.05, 3.63) is 29.8 Å². The third kappa shape index (κ3) is 1.81. The number of halogens is 1. The van der Waals surface area contributed by atoms with Crippen LogP contribution in [0.1, 0.15) is 31.5 Å². The molecule has 1 fully saturated rings. The molecule has 0 bridgehead atoms. The summed E-state index contributed by atoms with van der Waals surface area (Å²) in [6, 6.07) is 5.66. The van der Waals surface area contributed by atoms with E-state index in [0.29, 0.717) is 17.5 Å². The van der Waals surface area contributed by atoms with Crippen molar-refractivity contribution in [3.8, 4) is 0 Å². The summed E-state index contributed by atoms with van der Waals surface area (Å²) in [4.78, 5) is 4.53. The van der Waals surface area contributed by atoms with E-state index < -0.39 is 0 Å². The smallest absolute Gasteiger partial charge is 0.151 e. The predicted molar refractivity (Wildman–Crippen MR) is 70.1 cm³/mol. The van der Waals surface area contributed by atoms with Crippen molar-refractivity contribution >= 4 is 11.0 Å². The van der Waals surface area contributed by atoms with Crippen molar-refractivity contribution in [3.63, 3.8) is 0 Å². The molecule has 1 saturated heterocycles. The van der Waals surface area contributed by atoms with E-state index in [1.807, 2.05) is 17.7 Å². The molecule has 3 nitrogen and oxygen atoms in total. The SMILES string of the molecule is CC1CC(c2nc3c(F)cccc3n2C)CCN1. The number of hydrogen-bond acceptors (Lipinski definition) is 2. The number of para-hydroxylation sites is 1. The fourth-order valence-corrected chi connectivity index (χ4v) is 2.93. The number of aromatic nitrogens is 2. The standard InChI is InChI=1S/C14H18FN3/c1-9-8-10(6-7-16-9)14-17-13-11(15)4-3-5-12(13)18(14)2/h3-5,9-10,16H,6-8H2,1-2H3. The highest BCUT2D eigenvalue weighted by atomic mass is 19.1. The molecule has 0 spiro atoms. The van der Waals surface area contributed by atoms with Crippen LogP contribution in [0.15, 0.2) is 18.2 Å². The van der Waals surface area contributed by atoms with Gasteiger partial charge in [-0.2, -0.15) is 0 Å². The first kappa shape index (κ1) is 11.7. The van der Waals surface area contributed by atoms with E-state index in [1.165, 1.54) is 6.07 Å². The van der Waals surface area contributed by atoms with Crippen molar-refractivity contribution in [1.29, 1.82) is 0 Å². The van der Waals surface area contributed by atoms with Crippen LogP contribution in [0, 0.1) is 5.82 Å². The second kappa shape index (κ2) is 4.35. The molecule has 1 aliphatic rings. The first-order valence-corrected chi connectivity index (χ1v) is 6.51. The molecule has 2 aromatic rings. The molecule has 0 saturated carbocycles. The summed E-state index contributed by atoms with van der Waals surface area (Å²) >= 11 is 0. The number of benzene rings is 1. The van der Waals surface area contributed by atoms with Gasteiger partial charge in [0.05, 0.1) is 5.52 Å². The minimum absolute atomic E-state index is 0.226. The minimum atomic E-state index is -0.226. The summed E-state index contributed by atoms with van der Waals surface area (Å²) in [7, 11) is 1.98. The van der Waals surface area contributed by atoms with Gasteiger partial charge in [-0.05, 0) is 38.4 Å². The zero-order chi connectivity index (χ0) is 12.7. The molecule has 4 heteroatoms. The summed E-state index contributed by atoms with van der Waals surface area (Å²) < 4.78 is 15.8. The number of nitrogens with zero attached hydrogens (tertiary/aromatic N) is 2. The molecule has 0 aliphatic carbocycles. The molecule has 2 atom stereocenters. The first-order chi connectivity index (χ1) is 8.66. The third-order valence-electron chi connectivity index (χ3n) is 3.89. The lowest BCUT2D eigenvalue weighted by Crippen LogP contribution is -2.35. The molecule has 3 rings (SSSR count). The Morgan fingerprint density at radius 2 is 2.28 bits per heavy atom. The summed E-state index contributed by atoms with van der Waals surface area (Å²) in [6.07, 6.45) is 2.14. The number of imidazole rings is 1. The Labute approximate surface area is 106 Å². The number of aryl methyl sites for hydroxylation is 1. The Bertz CT molecular complexity index is 576. The van der Waals surface area contributed by atoms with Crippen molar-refractivity contribution < 1.29 is 4.39 Å². The highest BCUT2D eigenvalue weighted by molar-refractivity contribution is 5.76. The zero-order valence-corrected chi connectivity index (χ0v) is 10.8. The number of piperidine rings is 1. The van der Waals surface area contributed by atoms with Gasteiger partial charge in [-0.1, -0.05) is 6.07 Å². The summed E-state index contributed by atoms with van der Waals surface area (Å²) in [5, 5.41) is 3.44. The van der Waals surface area contributed by atoms with Crippen LogP contribution in [-0.4, -0.2) is 22.1 Å².